The molecule has 1 aliphatic rings. The predicted molar refractivity (Wildman–Crippen MR) is 63.5 cm³/mol. The van der Waals surface area contributed by atoms with Gasteiger partial charge >= 0.3 is 0 Å². The van der Waals surface area contributed by atoms with E-state index in [-0.39, 0.29) is 13.2 Å². The third-order valence-electron chi connectivity index (χ3n) is 3.15. The fraction of sp³-hybridized carbons (Fsp3) is 0.538. The molecule has 0 radical (unpaired) electrons. The third kappa shape index (κ3) is 3.62. The molecule has 0 saturated carbocycles. The van der Waals surface area contributed by atoms with Crippen LogP contribution in [0.2, 0.25) is 0 Å². The predicted octanol–water partition coefficient (Wildman–Crippen LogP) is 2.39. The Morgan fingerprint density at radius 2 is 1.62 bits per heavy atom. The van der Waals surface area contributed by atoms with Gasteiger partial charge in [0.25, 0.3) is 0 Å². The van der Waals surface area contributed by atoms with Crippen LogP contribution in [0.15, 0.2) is 0 Å². The second-order valence-electron chi connectivity index (χ2n) is 4.68. The average Bonchev–Trinajstić information content (AvgIpc) is 2.99. The largest absolute Gasteiger partial charge is 0.486 e. The van der Waals surface area contributed by atoms with Gasteiger partial charge in [0.2, 0.25) is 29.1 Å². The van der Waals surface area contributed by atoms with Crippen LogP contribution in [0.1, 0.15) is 6.42 Å². The molecule has 1 N–H and O–H groups in total. The van der Waals surface area contributed by atoms with E-state index in [0.717, 1.165) is 6.42 Å². The summed E-state index contributed by atoms with van der Waals surface area (Å²) in [5.41, 5.74) is 0. The summed E-state index contributed by atoms with van der Waals surface area (Å²) in [4.78, 5) is 0. The molecule has 2 rings (SSSR count). The molecule has 3 nitrogen and oxygen atoms in total. The Labute approximate surface area is 118 Å². The summed E-state index contributed by atoms with van der Waals surface area (Å²) in [5.74, 6) is -11.0. The number of rotatable bonds is 6. The summed E-state index contributed by atoms with van der Waals surface area (Å²) in [7, 11) is 0. The molecule has 1 unspecified atom stereocenters. The monoisotopic (exact) mass is 311 g/mol. The van der Waals surface area contributed by atoms with E-state index in [4.69, 9.17) is 4.74 Å². The number of hydrogen-bond acceptors (Lipinski definition) is 3. The summed E-state index contributed by atoms with van der Waals surface area (Å²) in [6.07, 6.45) is 0.922. The summed E-state index contributed by atoms with van der Waals surface area (Å²) < 4.78 is 75.0. The highest BCUT2D eigenvalue weighted by Crippen LogP contribution is 2.28. The fourth-order valence-corrected chi connectivity index (χ4v) is 1.99. The van der Waals surface area contributed by atoms with Crippen molar-refractivity contribution in [2.45, 2.75) is 6.42 Å². The lowest BCUT2D eigenvalue weighted by Gasteiger charge is -2.12. The molecule has 1 saturated heterocycles. The van der Waals surface area contributed by atoms with E-state index in [2.05, 4.69) is 10.1 Å². The standard InChI is InChI=1S/C13H14F5NO2/c14-8-9(15)11(17)13(12(18)10(8)16)21-4-2-19-5-7-1-3-20-6-7/h7,19H,1-6H2. The summed E-state index contributed by atoms with van der Waals surface area (Å²) in [6, 6.07) is 0. The van der Waals surface area contributed by atoms with Crippen molar-refractivity contribution in [2.24, 2.45) is 5.92 Å². The number of hydrogen-bond donors (Lipinski definition) is 1. The number of halogens is 5. The maximum atomic E-state index is 13.3. The van der Waals surface area contributed by atoms with Crippen molar-refractivity contribution in [3.05, 3.63) is 29.1 Å². The van der Waals surface area contributed by atoms with Crippen molar-refractivity contribution in [1.82, 2.24) is 5.32 Å². The molecular weight excluding hydrogens is 297 g/mol. The van der Waals surface area contributed by atoms with E-state index >= 15 is 0 Å². The highest BCUT2D eigenvalue weighted by atomic mass is 19.2. The minimum atomic E-state index is -2.20. The van der Waals surface area contributed by atoms with Gasteiger partial charge in [-0.05, 0) is 12.3 Å². The van der Waals surface area contributed by atoms with Crippen LogP contribution in [0.25, 0.3) is 0 Å². The molecule has 0 amide bonds. The van der Waals surface area contributed by atoms with Crippen LogP contribution in [0.5, 0.6) is 5.75 Å². The van der Waals surface area contributed by atoms with Crippen molar-refractivity contribution >= 4 is 0 Å². The quantitative estimate of drug-likeness (QED) is 0.379. The first kappa shape index (κ1) is 16.0. The molecule has 1 aromatic carbocycles. The zero-order chi connectivity index (χ0) is 15.4. The van der Waals surface area contributed by atoms with Gasteiger partial charge < -0.3 is 14.8 Å². The van der Waals surface area contributed by atoms with Crippen LogP contribution >= 0.6 is 0 Å². The Balaban J connectivity index is 1.85. The topological polar surface area (TPSA) is 30.5 Å². The molecule has 0 aromatic heterocycles. The van der Waals surface area contributed by atoms with Gasteiger partial charge in [-0.2, -0.15) is 8.78 Å². The highest BCUT2D eigenvalue weighted by molar-refractivity contribution is 5.29. The van der Waals surface area contributed by atoms with Gasteiger partial charge in [0.15, 0.2) is 5.75 Å². The van der Waals surface area contributed by atoms with E-state index in [1.807, 2.05) is 0 Å². The maximum absolute atomic E-state index is 13.3. The summed E-state index contributed by atoms with van der Waals surface area (Å²) >= 11 is 0. The minimum absolute atomic E-state index is 0.216. The molecular formula is C13H14F5NO2. The van der Waals surface area contributed by atoms with Crippen LogP contribution in [-0.4, -0.2) is 32.9 Å². The van der Waals surface area contributed by atoms with Gasteiger partial charge in [-0.25, -0.2) is 13.2 Å². The van der Waals surface area contributed by atoms with Crippen molar-refractivity contribution in [1.29, 1.82) is 0 Å². The first-order valence-electron chi connectivity index (χ1n) is 6.45. The first-order valence-corrected chi connectivity index (χ1v) is 6.45. The van der Waals surface area contributed by atoms with Gasteiger partial charge in [0.05, 0.1) is 6.61 Å². The lowest BCUT2D eigenvalue weighted by Crippen LogP contribution is -2.27. The van der Waals surface area contributed by atoms with Gasteiger partial charge in [0, 0.05) is 19.7 Å². The van der Waals surface area contributed by atoms with Crippen LogP contribution in [0.3, 0.4) is 0 Å². The molecule has 8 heteroatoms. The molecule has 1 heterocycles. The Kier molecular flexibility index (Phi) is 5.35. The van der Waals surface area contributed by atoms with Crippen molar-refractivity contribution < 1.29 is 31.4 Å². The van der Waals surface area contributed by atoms with E-state index in [1.54, 1.807) is 0 Å². The van der Waals surface area contributed by atoms with E-state index < -0.39 is 34.8 Å². The summed E-state index contributed by atoms with van der Waals surface area (Å²) in [5, 5.41) is 2.97. The second-order valence-corrected chi connectivity index (χ2v) is 4.68. The van der Waals surface area contributed by atoms with Crippen LogP contribution in [0, 0.1) is 35.0 Å². The van der Waals surface area contributed by atoms with Gasteiger partial charge in [0.1, 0.15) is 6.61 Å². The zero-order valence-corrected chi connectivity index (χ0v) is 11.0. The Morgan fingerprint density at radius 3 is 2.19 bits per heavy atom. The van der Waals surface area contributed by atoms with E-state index in [1.165, 1.54) is 0 Å². The molecule has 21 heavy (non-hydrogen) atoms. The van der Waals surface area contributed by atoms with Crippen LogP contribution in [0.4, 0.5) is 22.0 Å². The maximum Gasteiger partial charge on any atom is 0.206 e. The fourth-order valence-electron chi connectivity index (χ4n) is 1.99. The van der Waals surface area contributed by atoms with Crippen molar-refractivity contribution in [2.75, 3.05) is 32.9 Å². The van der Waals surface area contributed by atoms with Crippen molar-refractivity contribution in [3.63, 3.8) is 0 Å². The number of nitrogens with one attached hydrogen (secondary N) is 1. The Hall–Kier alpha value is -1.41. The third-order valence-corrected chi connectivity index (χ3v) is 3.15. The molecule has 1 atom stereocenters. The molecule has 1 fully saturated rings. The molecule has 118 valence electrons. The number of benzene rings is 1. The normalized spacial score (nSPS) is 18.2. The van der Waals surface area contributed by atoms with E-state index in [9.17, 15) is 22.0 Å². The average molecular weight is 311 g/mol. The Morgan fingerprint density at radius 1 is 1.00 bits per heavy atom. The Bertz CT molecular complexity index is 477. The lowest BCUT2D eigenvalue weighted by atomic mass is 10.1. The van der Waals surface area contributed by atoms with Gasteiger partial charge in [-0.15, -0.1) is 0 Å². The van der Waals surface area contributed by atoms with Crippen molar-refractivity contribution in [3.8, 4) is 5.75 Å². The van der Waals surface area contributed by atoms with Crippen LogP contribution < -0.4 is 10.1 Å². The lowest BCUT2D eigenvalue weighted by molar-refractivity contribution is 0.184. The van der Waals surface area contributed by atoms with Crippen LogP contribution in [-0.2, 0) is 4.74 Å². The number of ether oxygens (including phenoxy) is 2. The molecule has 1 aromatic rings. The van der Waals surface area contributed by atoms with Gasteiger partial charge in [-0.1, -0.05) is 0 Å². The smallest absolute Gasteiger partial charge is 0.206 e. The highest BCUT2D eigenvalue weighted by Gasteiger charge is 2.26. The second kappa shape index (κ2) is 7.04. The first-order chi connectivity index (χ1) is 10.0. The zero-order valence-electron chi connectivity index (χ0n) is 11.0. The minimum Gasteiger partial charge on any atom is -0.486 e. The van der Waals surface area contributed by atoms with Gasteiger partial charge in [-0.3, -0.25) is 0 Å². The van der Waals surface area contributed by atoms with E-state index in [0.29, 0.717) is 25.7 Å². The molecule has 0 spiro atoms. The summed E-state index contributed by atoms with van der Waals surface area (Å²) in [6.45, 7) is 1.99. The molecule has 0 bridgehead atoms. The SMILES string of the molecule is Fc1c(F)c(F)c(OCCNCC2CCOC2)c(F)c1F. The molecule has 1 aliphatic heterocycles. The molecule has 0 aliphatic carbocycles.